The number of unbranched alkanes of at least 4 members (excludes halogenated alkanes) is 13. The molecule has 0 spiro atoms. The van der Waals surface area contributed by atoms with Gasteiger partial charge < -0.3 is 14.2 Å². The van der Waals surface area contributed by atoms with Gasteiger partial charge in [0, 0.05) is 19.4 Å². The maximum absolute atomic E-state index is 12.8. The molecule has 0 aliphatic rings. The van der Waals surface area contributed by atoms with Gasteiger partial charge in [0.05, 0.1) is 6.61 Å². The zero-order valence-corrected chi connectivity index (χ0v) is 40.1. The summed E-state index contributed by atoms with van der Waals surface area (Å²) < 4.78 is 17.3. The average molecular weight is 857 g/mol. The van der Waals surface area contributed by atoms with Gasteiger partial charge in [0.1, 0.15) is 6.61 Å². The Labute approximate surface area is 382 Å². The minimum absolute atomic E-state index is 0.0294. The standard InChI is InChI=1S/C57H92O5/c1-4-7-10-13-16-19-22-25-26-27-28-29-30-31-34-37-40-43-46-49-52-60-53-55(62-57(59)51-48-45-42-39-36-33-24-21-18-15-12-9-6-3)54-61-56(58)50-47-44-41-38-35-32-23-20-17-14-11-8-5-2/h7-8,10-12,15-17,19-21,24-26,28-29,32,35,41,44,55H,4-6,9,13-14,18,22-23,27,30-31,33-34,36-40,42-43,45-54H2,1-3H3/b10-7-,11-8-,15-12-,19-16-,20-17-,24-21-,26-25-,29-28-,35-32-,44-41-. The summed E-state index contributed by atoms with van der Waals surface area (Å²) in [6.45, 7) is 7.40. The zero-order valence-electron chi connectivity index (χ0n) is 40.1. The molecule has 0 aliphatic heterocycles. The fourth-order valence-electron chi connectivity index (χ4n) is 6.32. The lowest BCUT2D eigenvalue weighted by Gasteiger charge is -2.18. The molecular formula is C57H92O5. The summed E-state index contributed by atoms with van der Waals surface area (Å²) in [5.41, 5.74) is 0. The molecule has 1 unspecified atom stereocenters. The number of hydrogen-bond acceptors (Lipinski definition) is 5. The lowest BCUT2D eigenvalue weighted by atomic mass is 10.1. The van der Waals surface area contributed by atoms with Crippen LogP contribution in [0.15, 0.2) is 122 Å². The number of hydrogen-bond donors (Lipinski definition) is 0. The van der Waals surface area contributed by atoms with Crippen molar-refractivity contribution in [3.8, 4) is 0 Å². The van der Waals surface area contributed by atoms with Crippen LogP contribution in [0.25, 0.3) is 0 Å². The van der Waals surface area contributed by atoms with E-state index < -0.39 is 6.10 Å². The predicted octanol–water partition coefficient (Wildman–Crippen LogP) is 17.0. The molecule has 0 saturated carbocycles. The van der Waals surface area contributed by atoms with Crippen LogP contribution in [-0.2, 0) is 23.8 Å². The van der Waals surface area contributed by atoms with Crippen molar-refractivity contribution in [1.29, 1.82) is 0 Å². The van der Waals surface area contributed by atoms with Gasteiger partial charge in [-0.05, 0) is 109 Å². The first-order chi connectivity index (χ1) is 30.6. The SMILES string of the molecule is CC/C=C\C/C=C\C/C=C\C/C=C\CCCCCCCCCOCC(COC(=O)CC/C=C\C/C=C\C/C=C\C/C=C\CC)OC(=O)CCCCCCC/C=C\C/C=C\CCC. The van der Waals surface area contributed by atoms with E-state index in [1.54, 1.807) is 0 Å². The van der Waals surface area contributed by atoms with Crippen molar-refractivity contribution in [2.45, 2.75) is 207 Å². The third-order valence-electron chi connectivity index (χ3n) is 9.96. The van der Waals surface area contributed by atoms with E-state index in [0.717, 1.165) is 109 Å². The van der Waals surface area contributed by atoms with Crippen LogP contribution in [-0.4, -0.2) is 37.9 Å². The van der Waals surface area contributed by atoms with Crippen LogP contribution < -0.4 is 0 Å². The lowest BCUT2D eigenvalue weighted by molar-refractivity contribution is -0.162. The number of rotatable bonds is 44. The third kappa shape index (κ3) is 49.0. The summed E-state index contributed by atoms with van der Waals surface area (Å²) in [6, 6.07) is 0. The smallest absolute Gasteiger partial charge is 0.306 e. The molecule has 0 N–H and O–H groups in total. The number of ether oxygens (including phenoxy) is 3. The molecule has 350 valence electrons. The Morgan fingerprint density at radius 2 is 0.758 bits per heavy atom. The van der Waals surface area contributed by atoms with E-state index in [0.29, 0.717) is 25.9 Å². The third-order valence-corrected chi connectivity index (χ3v) is 9.96. The second kappa shape index (κ2) is 51.6. The van der Waals surface area contributed by atoms with Crippen LogP contribution in [0.1, 0.15) is 201 Å². The highest BCUT2D eigenvalue weighted by Gasteiger charge is 2.17. The second-order valence-corrected chi connectivity index (χ2v) is 15.9. The van der Waals surface area contributed by atoms with Gasteiger partial charge in [-0.1, -0.05) is 200 Å². The fourth-order valence-corrected chi connectivity index (χ4v) is 6.32. The van der Waals surface area contributed by atoms with Gasteiger partial charge >= 0.3 is 11.9 Å². The van der Waals surface area contributed by atoms with Crippen molar-refractivity contribution in [3.63, 3.8) is 0 Å². The topological polar surface area (TPSA) is 61.8 Å². The van der Waals surface area contributed by atoms with Crippen molar-refractivity contribution in [2.75, 3.05) is 19.8 Å². The van der Waals surface area contributed by atoms with Gasteiger partial charge in [0.15, 0.2) is 6.10 Å². The van der Waals surface area contributed by atoms with E-state index in [2.05, 4.69) is 136 Å². The summed E-state index contributed by atoms with van der Waals surface area (Å²) in [5, 5.41) is 0. The van der Waals surface area contributed by atoms with Gasteiger partial charge in [-0.15, -0.1) is 0 Å². The van der Waals surface area contributed by atoms with Crippen LogP contribution in [0, 0.1) is 0 Å². The van der Waals surface area contributed by atoms with Gasteiger partial charge in [0.25, 0.3) is 0 Å². The van der Waals surface area contributed by atoms with E-state index in [9.17, 15) is 9.59 Å². The summed E-state index contributed by atoms with van der Waals surface area (Å²) in [4.78, 5) is 25.3. The predicted molar refractivity (Wildman–Crippen MR) is 269 cm³/mol. The molecule has 0 amide bonds. The molecule has 0 aromatic rings. The van der Waals surface area contributed by atoms with Crippen LogP contribution in [0.5, 0.6) is 0 Å². The van der Waals surface area contributed by atoms with E-state index in [1.165, 1.54) is 51.4 Å². The molecule has 5 heteroatoms. The fraction of sp³-hybridized carbons (Fsp3) is 0.614. The quantitative estimate of drug-likeness (QED) is 0.0347. The highest BCUT2D eigenvalue weighted by Crippen LogP contribution is 2.12. The first-order valence-corrected chi connectivity index (χ1v) is 25.1. The summed E-state index contributed by atoms with van der Waals surface area (Å²) in [7, 11) is 0. The molecule has 0 fully saturated rings. The van der Waals surface area contributed by atoms with Gasteiger partial charge in [-0.3, -0.25) is 9.59 Å². The molecular weight excluding hydrogens is 765 g/mol. The minimum Gasteiger partial charge on any atom is -0.462 e. The highest BCUT2D eigenvalue weighted by atomic mass is 16.6. The van der Waals surface area contributed by atoms with Gasteiger partial charge in [-0.2, -0.15) is 0 Å². The zero-order chi connectivity index (χ0) is 44.9. The van der Waals surface area contributed by atoms with Crippen LogP contribution in [0.2, 0.25) is 0 Å². The molecule has 0 radical (unpaired) electrons. The first-order valence-electron chi connectivity index (χ1n) is 25.1. The molecule has 0 saturated heterocycles. The molecule has 0 aromatic heterocycles. The van der Waals surface area contributed by atoms with E-state index in [4.69, 9.17) is 14.2 Å². The number of esters is 2. The number of carbonyl (C=O) groups excluding carboxylic acids is 2. The van der Waals surface area contributed by atoms with Crippen molar-refractivity contribution < 1.29 is 23.8 Å². The maximum Gasteiger partial charge on any atom is 0.306 e. The average Bonchev–Trinajstić information content (AvgIpc) is 3.27. The van der Waals surface area contributed by atoms with E-state index in [1.807, 2.05) is 6.08 Å². The van der Waals surface area contributed by atoms with Crippen molar-refractivity contribution in [3.05, 3.63) is 122 Å². The first kappa shape index (κ1) is 58.3. The summed E-state index contributed by atoms with van der Waals surface area (Å²) in [5.74, 6) is -0.523. The van der Waals surface area contributed by atoms with Crippen LogP contribution >= 0.6 is 0 Å². The molecule has 0 aromatic carbocycles. The molecule has 1 atom stereocenters. The Morgan fingerprint density at radius 3 is 1.23 bits per heavy atom. The van der Waals surface area contributed by atoms with Crippen molar-refractivity contribution in [1.82, 2.24) is 0 Å². The van der Waals surface area contributed by atoms with Crippen LogP contribution in [0.4, 0.5) is 0 Å². The van der Waals surface area contributed by atoms with E-state index >= 15 is 0 Å². The van der Waals surface area contributed by atoms with Crippen LogP contribution in [0.3, 0.4) is 0 Å². The molecule has 62 heavy (non-hydrogen) atoms. The largest absolute Gasteiger partial charge is 0.462 e. The van der Waals surface area contributed by atoms with Crippen molar-refractivity contribution >= 4 is 11.9 Å². The monoisotopic (exact) mass is 857 g/mol. The number of carbonyl (C=O) groups is 2. The molecule has 0 aliphatic carbocycles. The Balaban J connectivity index is 4.38. The van der Waals surface area contributed by atoms with E-state index in [-0.39, 0.29) is 25.2 Å². The molecule has 0 heterocycles. The normalized spacial score (nSPS) is 13.3. The molecule has 0 rings (SSSR count). The maximum atomic E-state index is 12.8. The number of allylic oxidation sites excluding steroid dienone is 20. The Kier molecular flexibility index (Phi) is 48.6. The molecule has 0 bridgehead atoms. The Morgan fingerprint density at radius 1 is 0.371 bits per heavy atom. The lowest BCUT2D eigenvalue weighted by Crippen LogP contribution is -2.30. The second-order valence-electron chi connectivity index (χ2n) is 15.9. The Hall–Kier alpha value is -3.70. The Bertz CT molecular complexity index is 1290. The summed E-state index contributed by atoms with van der Waals surface area (Å²) in [6.07, 6.45) is 72.2. The highest BCUT2D eigenvalue weighted by molar-refractivity contribution is 5.70. The molecule has 5 nitrogen and oxygen atoms in total. The van der Waals surface area contributed by atoms with Crippen molar-refractivity contribution in [2.24, 2.45) is 0 Å². The minimum atomic E-state index is -0.586. The summed E-state index contributed by atoms with van der Waals surface area (Å²) >= 11 is 0. The van der Waals surface area contributed by atoms with Gasteiger partial charge in [0.2, 0.25) is 0 Å². The van der Waals surface area contributed by atoms with Gasteiger partial charge in [-0.25, -0.2) is 0 Å².